The van der Waals surface area contributed by atoms with Gasteiger partial charge in [0.25, 0.3) is 0 Å². The highest BCUT2D eigenvalue weighted by atomic mass is 16.6. The van der Waals surface area contributed by atoms with Gasteiger partial charge in [-0.1, -0.05) is 48.5 Å². The van der Waals surface area contributed by atoms with Crippen LogP contribution < -0.4 is 16.4 Å². The fourth-order valence-electron chi connectivity index (χ4n) is 3.97. The molecular weight excluding hydrogens is 498 g/mol. The monoisotopic (exact) mass is 535 g/mol. The Bertz CT molecular complexity index is 1220. The van der Waals surface area contributed by atoms with Crippen LogP contribution in [0, 0.1) is 25.2 Å². The SMILES string of the molecule is Cc1cccc(C(C(=O)NCc2ccccc2)N(CC#N)C(=O)C(CCC(N)=O)NC(=O)OC(C)(C)C)c1C. The second kappa shape index (κ2) is 14.0. The number of nitrogens with two attached hydrogens (primary N) is 1. The van der Waals surface area contributed by atoms with Crippen LogP contribution in [-0.2, 0) is 25.7 Å². The first-order chi connectivity index (χ1) is 18.3. The minimum atomic E-state index is -1.27. The molecule has 0 spiro atoms. The minimum Gasteiger partial charge on any atom is -0.444 e. The van der Waals surface area contributed by atoms with E-state index in [1.165, 1.54) is 0 Å². The van der Waals surface area contributed by atoms with Gasteiger partial charge >= 0.3 is 6.09 Å². The number of hydrogen-bond acceptors (Lipinski definition) is 6. The van der Waals surface area contributed by atoms with Gasteiger partial charge in [0.1, 0.15) is 24.2 Å². The molecular formula is C29H37N5O5. The van der Waals surface area contributed by atoms with E-state index in [1.807, 2.05) is 56.3 Å². The van der Waals surface area contributed by atoms with E-state index in [9.17, 15) is 24.4 Å². The molecule has 10 nitrogen and oxygen atoms in total. The molecule has 2 atom stereocenters. The number of amides is 4. The van der Waals surface area contributed by atoms with Gasteiger partial charge in [-0.25, -0.2) is 4.79 Å². The Morgan fingerprint density at radius 3 is 2.31 bits per heavy atom. The third kappa shape index (κ3) is 9.45. The van der Waals surface area contributed by atoms with Crippen LogP contribution in [-0.4, -0.2) is 46.9 Å². The van der Waals surface area contributed by atoms with Crippen LogP contribution in [0.25, 0.3) is 0 Å². The smallest absolute Gasteiger partial charge is 0.408 e. The molecule has 2 aromatic carbocycles. The predicted molar refractivity (Wildman–Crippen MR) is 146 cm³/mol. The molecule has 0 fully saturated rings. The van der Waals surface area contributed by atoms with Crippen molar-refractivity contribution in [3.63, 3.8) is 0 Å². The number of aryl methyl sites for hydroxylation is 1. The summed E-state index contributed by atoms with van der Waals surface area (Å²) < 4.78 is 5.30. The molecule has 2 rings (SSSR count). The molecule has 0 bridgehead atoms. The summed E-state index contributed by atoms with van der Waals surface area (Å²) in [5.74, 6) is -1.89. The molecule has 4 amide bonds. The molecule has 4 N–H and O–H groups in total. The van der Waals surface area contributed by atoms with Gasteiger partial charge in [-0.15, -0.1) is 0 Å². The zero-order chi connectivity index (χ0) is 29.2. The average molecular weight is 536 g/mol. The summed E-state index contributed by atoms with van der Waals surface area (Å²) in [5, 5.41) is 15.0. The molecule has 0 aliphatic rings. The Morgan fingerprint density at radius 1 is 1.05 bits per heavy atom. The standard InChI is InChI=1S/C29H37N5O5/c1-19-10-9-13-22(20(19)2)25(26(36)32-18-21-11-7-6-8-12-21)34(17-16-30)27(37)23(14-15-24(31)35)33-28(38)39-29(3,4)5/h6-13,23,25H,14-15,17-18H2,1-5H3,(H2,31,35)(H,32,36)(H,33,38). The van der Waals surface area contributed by atoms with Gasteiger partial charge in [0.2, 0.25) is 17.7 Å². The number of carbonyl (C=O) groups is 4. The van der Waals surface area contributed by atoms with E-state index >= 15 is 0 Å². The molecule has 2 unspecified atom stereocenters. The van der Waals surface area contributed by atoms with Crippen molar-refractivity contribution >= 4 is 23.8 Å². The summed E-state index contributed by atoms with van der Waals surface area (Å²) in [7, 11) is 0. The molecule has 0 saturated carbocycles. The fourth-order valence-corrected chi connectivity index (χ4v) is 3.97. The number of nitriles is 1. The quantitative estimate of drug-likeness (QED) is 0.376. The Morgan fingerprint density at radius 2 is 1.72 bits per heavy atom. The Hall–Kier alpha value is -4.39. The highest BCUT2D eigenvalue weighted by Crippen LogP contribution is 2.27. The van der Waals surface area contributed by atoms with E-state index in [0.29, 0.717) is 5.56 Å². The Labute approximate surface area is 229 Å². The van der Waals surface area contributed by atoms with Crippen molar-refractivity contribution in [2.24, 2.45) is 5.73 Å². The van der Waals surface area contributed by atoms with Crippen molar-refractivity contribution in [1.82, 2.24) is 15.5 Å². The van der Waals surface area contributed by atoms with Crippen molar-refractivity contribution in [2.45, 2.75) is 71.7 Å². The zero-order valence-electron chi connectivity index (χ0n) is 23.1. The molecule has 0 aliphatic carbocycles. The second-order valence-corrected chi connectivity index (χ2v) is 10.2. The van der Waals surface area contributed by atoms with Crippen molar-refractivity contribution < 1.29 is 23.9 Å². The summed E-state index contributed by atoms with van der Waals surface area (Å²) in [5.41, 5.74) is 7.54. The third-order valence-corrected chi connectivity index (χ3v) is 6.00. The van der Waals surface area contributed by atoms with Crippen LogP contribution >= 0.6 is 0 Å². The highest BCUT2D eigenvalue weighted by Gasteiger charge is 2.37. The first kappa shape index (κ1) is 30.8. The molecule has 0 aliphatic heterocycles. The van der Waals surface area contributed by atoms with Crippen molar-refractivity contribution in [3.8, 4) is 6.07 Å². The van der Waals surface area contributed by atoms with Crippen molar-refractivity contribution in [2.75, 3.05) is 6.54 Å². The van der Waals surface area contributed by atoms with Crippen molar-refractivity contribution in [3.05, 3.63) is 70.8 Å². The maximum absolute atomic E-state index is 13.9. The van der Waals surface area contributed by atoms with Crippen LogP contribution in [0.15, 0.2) is 48.5 Å². The first-order valence-electron chi connectivity index (χ1n) is 12.7. The number of ether oxygens (including phenoxy) is 1. The number of alkyl carbamates (subject to hydrolysis) is 1. The van der Waals surface area contributed by atoms with Gasteiger partial charge in [0.15, 0.2) is 0 Å². The summed E-state index contributed by atoms with van der Waals surface area (Å²) in [6, 6.07) is 14.2. The molecule has 39 heavy (non-hydrogen) atoms. The third-order valence-electron chi connectivity index (χ3n) is 6.00. The van der Waals surface area contributed by atoms with Gasteiger partial charge in [0, 0.05) is 13.0 Å². The van der Waals surface area contributed by atoms with Crippen LogP contribution in [0.5, 0.6) is 0 Å². The van der Waals surface area contributed by atoms with Gasteiger partial charge in [-0.2, -0.15) is 5.26 Å². The van der Waals surface area contributed by atoms with E-state index in [-0.39, 0.29) is 19.4 Å². The van der Waals surface area contributed by atoms with E-state index in [0.717, 1.165) is 21.6 Å². The number of nitrogens with one attached hydrogen (secondary N) is 2. The summed E-state index contributed by atoms with van der Waals surface area (Å²) in [4.78, 5) is 52.8. The second-order valence-electron chi connectivity index (χ2n) is 10.2. The molecule has 0 aromatic heterocycles. The van der Waals surface area contributed by atoms with Crippen molar-refractivity contribution in [1.29, 1.82) is 5.26 Å². The summed E-state index contributed by atoms with van der Waals surface area (Å²) in [6.07, 6.45) is -1.22. The van der Waals surface area contributed by atoms with Crippen LogP contribution in [0.1, 0.15) is 61.9 Å². The van der Waals surface area contributed by atoms with Crippen LogP contribution in [0.2, 0.25) is 0 Å². The maximum atomic E-state index is 13.9. The highest BCUT2D eigenvalue weighted by molar-refractivity contribution is 5.93. The number of hydrogen-bond donors (Lipinski definition) is 3. The maximum Gasteiger partial charge on any atom is 0.408 e. The van der Waals surface area contributed by atoms with E-state index in [2.05, 4.69) is 10.6 Å². The topological polar surface area (TPSA) is 155 Å². The summed E-state index contributed by atoms with van der Waals surface area (Å²) >= 11 is 0. The van der Waals surface area contributed by atoms with Gasteiger partial charge in [-0.05, 0) is 63.3 Å². The molecule has 0 heterocycles. The summed E-state index contributed by atoms with van der Waals surface area (Å²) in [6.45, 7) is 8.48. The lowest BCUT2D eigenvalue weighted by molar-refractivity contribution is -0.142. The average Bonchev–Trinajstić information content (AvgIpc) is 2.86. The van der Waals surface area contributed by atoms with Crippen LogP contribution in [0.3, 0.4) is 0 Å². The van der Waals surface area contributed by atoms with E-state index in [1.54, 1.807) is 32.9 Å². The predicted octanol–water partition coefficient (Wildman–Crippen LogP) is 3.17. The molecule has 2 aromatic rings. The van der Waals surface area contributed by atoms with Gasteiger partial charge in [0.05, 0.1) is 6.07 Å². The lowest BCUT2D eigenvalue weighted by atomic mass is 9.94. The minimum absolute atomic E-state index is 0.138. The lowest BCUT2D eigenvalue weighted by Crippen LogP contribution is -2.53. The van der Waals surface area contributed by atoms with Crippen LogP contribution in [0.4, 0.5) is 4.79 Å². The molecule has 0 saturated heterocycles. The molecule has 208 valence electrons. The van der Waals surface area contributed by atoms with E-state index in [4.69, 9.17) is 10.5 Å². The van der Waals surface area contributed by atoms with E-state index < -0.39 is 48.0 Å². The lowest BCUT2D eigenvalue weighted by Gasteiger charge is -2.33. The first-order valence-corrected chi connectivity index (χ1v) is 12.7. The number of primary amides is 1. The number of nitrogens with zero attached hydrogens (tertiary/aromatic N) is 2. The van der Waals surface area contributed by atoms with Gasteiger partial charge in [-0.3, -0.25) is 14.4 Å². The number of benzene rings is 2. The Kier molecular flexibility index (Phi) is 11.0. The number of carbonyl (C=O) groups excluding carboxylic acids is 4. The molecule has 0 radical (unpaired) electrons. The fraction of sp³-hybridized carbons (Fsp3) is 0.414. The number of rotatable bonds is 11. The largest absolute Gasteiger partial charge is 0.444 e. The molecule has 10 heteroatoms. The van der Waals surface area contributed by atoms with Gasteiger partial charge < -0.3 is 26.0 Å². The normalized spacial score (nSPS) is 12.4. The Balaban J connectivity index is 2.50. The zero-order valence-corrected chi connectivity index (χ0v) is 23.1.